The second-order valence-electron chi connectivity index (χ2n) is 8.05. The van der Waals surface area contributed by atoms with E-state index in [0.717, 1.165) is 25.9 Å². The summed E-state index contributed by atoms with van der Waals surface area (Å²) in [6.07, 6.45) is 2.17. The molecule has 1 aromatic rings. The molecule has 1 aromatic carbocycles. The van der Waals surface area contributed by atoms with Crippen molar-refractivity contribution in [2.24, 2.45) is 5.92 Å². The van der Waals surface area contributed by atoms with Gasteiger partial charge in [0.05, 0.1) is 39.6 Å². The fourth-order valence-electron chi connectivity index (χ4n) is 4.15. The molecule has 0 saturated carbocycles. The molecule has 0 spiro atoms. The number of carbonyl (C=O) groups excluding carboxylic acids is 2. The van der Waals surface area contributed by atoms with Crippen molar-refractivity contribution in [2.45, 2.75) is 32.7 Å². The van der Waals surface area contributed by atoms with E-state index in [1.807, 2.05) is 0 Å². The van der Waals surface area contributed by atoms with Crippen LogP contribution in [0.1, 0.15) is 38.3 Å². The van der Waals surface area contributed by atoms with Crippen molar-refractivity contribution < 1.29 is 28.5 Å². The zero-order chi connectivity index (χ0) is 23.3. The predicted molar refractivity (Wildman–Crippen MR) is 119 cm³/mol. The maximum atomic E-state index is 13.1. The number of likely N-dealkylation sites (tertiary alicyclic amines) is 1. The first kappa shape index (κ1) is 23.7. The molecular weight excluding hydrogens is 414 g/mol. The minimum absolute atomic E-state index is 0.223. The van der Waals surface area contributed by atoms with Crippen LogP contribution < -0.4 is 24.8 Å². The second-order valence-corrected chi connectivity index (χ2v) is 8.05. The number of hydrogen-bond donors (Lipinski definition) is 2. The van der Waals surface area contributed by atoms with Gasteiger partial charge in [0.25, 0.3) is 0 Å². The summed E-state index contributed by atoms with van der Waals surface area (Å²) < 4.78 is 21.8. The average Bonchev–Trinajstić information content (AvgIpc) is 2.79. The third-order valence-electron chi connectivity index (χ3n) is 5.95. The normalized spacial score (nSPS) is 19.8. The summed E-state index contributed by atoms with van der Waals surface area (Å²) in [6.45, 7) is 6.50. The highest BCUT2D eigenvalue weighted by Crippen LogP contribution is 2.41. The van der Waals surface area contributed by atoms with Crippen molar-refractivity contribution in [2.75, 3.05) is 47.6 Å². The number of nitrogens with zero attached hydrogens (tertiary/aromatic N) is 1. The van der Waals surface area contributed by atoms with E-state index in [-0.39, 0.29) is 12.6 Å². The van der Waals surface area contributed by atoms with Crippen molar-refractivity contribution >= 4 is 12.0 Å². The molecule has 176 valence electrons. The molecule has 2 N–H and O–H groups in total. The minimum Gasteiger partial charge on any atom is -0.496 e. The summed E-state index contributed by atoms with van der Waals surface area (Å²) >= 11 is 0. The standard InChI is InChI=1S/C23H33N3O6/c1-6-32-22(27)20-16(13-26-9-7-14(2)8-10-26)24-23(28)25-21(20)15-11-18(30-4)19(31-5)12-17(15)29-3/h11-12,14,21H,6-10,13H2,1-5H3,(H2,24,25,28)/t21-/m1/s1. The lowest BCUT2D eigenvalue weighted by atomic mass is 9.93. The molecule has 0 unspecified atom stereocenters. The molecule has 2 aliphatic heterocycles. The Labute approximate surface area is 189 Å². The Bertz CT molecular complexity index is 877. The van der Waals surface area contributed by atoms with Crippen molar-refractivity contribution in [1.29, 1.82) is 0 Å². The topological polar surface area (TPSA) is 98.4 Å². The van der Waals surface area contributed by atoms with E-state index >= 15 is 0 Å². The number of ether oxygens (including phenoxy) is 4. The van der Waals surface area contributed by atoms with Gasteiger partial charge in [-0.25, -0.2) is 9.59 Å². The van der Waals surface area contributed by atoms with E-state index in [4.69, 9.17) is 18.9 Å². The minimum atomic E-state index is -0.767. The van der Waals surface area contributed by atoms with Crippen LogP contribution in [0.4, 0.5) is 4.79 Å². The number of carbonyl (C=O) groups is 2. The summed E-state index contributed by atoms with van der Waals surface area (Å²) in [5, 5.41) is 5.70. The van der Waals surface area contributed by atoms with Gasteiger partial charge in [0.1, 0.15) is 5.75 Å². The van der Waals surface area contributed by atoms with Crippen LogP contribution in [-0.2, 0) is 9.53 Å². The Kier molecular flexibility index (Phi) is 7.84. The largest absolute Gasteiger partial charge is 0.496 e. The zero-order valence-electron chi connectivity index (χ0n) is 19.4. The predicted octanol–water partition coefficient (Wildman–Crippen LogP) is 2.62. The van der Waals surface area contributed by atoms with Gasteiger partial charge in [-0.05, 0) is 44.8 Å². The number of esters is 1. The van der Waals surface area contributed by atoms with Gasteiger partial charge in [-0.2, -0.15) is 0 Å². The van der Waals surface area contributed by atoms with Crippen LogP contribution in [0.25, 0.3) is 0 Å². The van der Waals surface area contributed by atoms with Crippen LogP contribution in [-0.4, -0.2) is 64.5 Å². The lowest BCUT2D eigenvalue weighted by Gasteiger charge is -2.35. The Morgan fingerprint density at radius 2 is 1.69 bits per heavy atom. The number of benzene rings is 1. The number of methoxy groups -OCH3 is 3. The van der Waals surface area contributed by atoms with Gasteiger partial charge in [0, 0.05) is 23.9 Å². The number of hydrogen-bond acceptors (Lipinski definition) is 7. The average molecular weight is 448 g/mol. The highest BCUT2D eigenvalue weighted by atomic mass is 16.5. The summed E-state index contributed by atoms with van der Waals surface area (Å²) in [4.78, 5) is 28.0. The van der Waals surface area contributed by atoms with E-state index < -0.39 is 12.0 Å². The molecule has 1 atom stereocenters. The molecule has 32 heavy (non-hydrogen) atoms. The third-order valence-corrected chi connectivity index (χ3v) is 5.95. The molecule has 1 fully saturated rings. The van der Waals surface area contributed by atoms with E-state index in [2.05, 4.69) is 22.5 Å². The molecule has 0 radical (unpaired) electrons. The van der Waals surface area contributed by atoms with Gasteiger partial charge in [-0.1, -0.05) is 6.92 Å². The fourth-order valence-corrected chi connectivity index (χ4v) is 4.15. The van der Waals surface area contributed by atoms with E-state index in [0.29, 0.717) is 46.5 Å². The van der Waals surface area contributed by atoms with Crippen molar-refractivity contribution in [1.82, 2.24) is 15.5 Å². The molecule has 9 heteroatoms. The molecule has 0 bridgehead atoms. The first-order valence-electron chi connectivity index (χ1n) is 10.9. The van der Waals surface area contributed by atoms with Crippen LogP contribution in [0.5, 0.6) is 17.2 Å². The third kappa shape index (κ3) is 5.09. The van der Waals surface area contributed by atoms with Gasteiger partial charge < -0.3 is 29.6 Å². The Morgan fingerprint density at radius 1 is 1.06 bits per heavy atom. The molecule has 2 aliphatic rings. The molecule has 9 nitrogen and oxygen atoms in total. The fraction of sp³-hybridized carbons (Fsp3) is 0.565. The van der Waals surface area contributed by atoms with Gasteiger partial charge in [0.15, 0.2) is 11.5 Å². The lowest BCUT2D eigenvalue weighted by Crippen LogP contribution is -2.49. The lowest BCUT2D eigenvalue weighted by molar-refractivity contribution is -0.139. The van der Waals surface area contributed by atoms with E-state index in [1.54, 1.807) is 19.1 Å². The van der Waals surface area contributed by atoms with Gasteiger partial charge >= 0.3 is 12.0 Å². The SMILES string of the molecule is CCOC(=O)C1=C(CN2CCC(C)CC2)NC(=O)N[C@@H]1c1cc(OC)c(OC)cc1OC. The van der Waals surface area contributed by atoms with Crippen molar-refractivity contribution in [3.63, 3.8) is 0 Å². The number of rotatable bonds is 8. The number of urea groups is 1. The summed E-state index contributed by atoms with van der Waals surface area (Å²) in [5.41, 5.74) is 1.48. The molecule has 0 aromatic heterocycles. The number of amides is 2. The smallest absolute Gasteiger partial charge is 0.338 e. The summed E-state index contributed by atoms with van der Waals surface area (Å²) in [7, 11) is 4.59. The molecular formula is C23H33N3O6. The van der Waals surface area contributed by atoms with E-state index in [1.165, 1.54) is 21.3 Å². The first-order valence-corrected chi connectivity index (χ1v) is 10.9. The second kappa shape index (κ2) is 10.6. The van der Waals surface area contributed by atoms with Gasteiger partial charge in [-0.15, -0.1) is 0 Å². The highest BCUT2D eigenvalue weighted by molar-refractivity contribution is 5.95. The maximum absolute atomic E-state index is 13.1. The Hall–Kier alpha value is -2.94. The van der Waals surface area contributed by atoms with Gasteiger partial charge in [-0.3, -0.25) is 4.90 Å². The van der Waals surface area contributed by atoms with Crippen LogP contribution in [0.3, 0.4) is 0 Å². The highest BCUT2D eigenvalue weighted by Gasteiger charge is 2.36. The maximum Gasteiger partial charge on any atom is 0.338 e. The van der Waals surface area contributed by atoms with Crippen LogP contribution in [0.15, 0.2) is 23.4 Å². The molecule has 2 amide bonds. The molecule has 1 saturated heterocycles. The van der Waals surface area contributed by atoms with E-state index in [9.17, 15) is 9.59 Å². The Balaban J connectivity index is 2.08. The Morgan fingerprint density at radius 3 is 2.28 bits per heavy atom. The van der Waals surface area contributed by atoms with Crippen LogP contribution in [0, 0.1) is 5.92 Å². The first-order chi connectivity index (χ1) is 15.4. The number of nitrogens with one attached hydrogen (secondary N) is 2. The summed E-state index contributed by atoms with van der Waals surface area (Å²) in [5.74, 6) is 1.60. The van der Waals surface area contributed by atoms with Crippen LogP contribution in [0.2, 0.25) is 0 Å². The molecule has 2 heterocycles. The van der Waals surface area contributed by atoms with Crippen LogP contribution >= 0.6 is 0 Å². The number of piperidine rings is 1. The zero-order valence-corrected chi connectivity index (χ0v) is 19.4. The van der Waals surface area contributed by atoms with Gasteiger partial charge in [0.2, 0.25) is 0 Å². The summed E-state index contributed by atoms with van der Waals surface area (Å²) in [6, 6.07) is 2.24. The quantitative estimate of drug-likeness (QED) is 0.591. The van der Waals surface area contributed by atoms with Crippen molar-refractivity contribution in [3.05, 3.63) is 29.0 Å². The monoisotopic (exact) mass is 447 g/mol. The molecule has 3 rings (SSSR count). The van der Waals surface area contributed by atoms with Crippen molar-refractivity contribution in [3.8, 4) is 17.2 Å². The molecule has 0 aliphatic carbocycles.